The van der Waals surface area contributed by atoms with Gasteiger partial charge in [-0.3, -0.25) is 5.01 Å². The number of hydrazone groups is 1. The Labute approximate surface area is 87.1 Å². The first-order valence-corrected chi connectivity index (χ1v) is 4.50. The standard InChI is InChI=1S/C11H10N2O2/c1-8(11(14)15)13-7-10-5-3-2-4-9(10)6-12-13/h2-6H,1,7H2,(H,14,15). The van der Waals surface area contributed by atoms with Crippen molar-refractivity contribution in [2.24, 2.45) is 5.10 Å². The van der Waals surface area contributed by atoms with Gasteiger partial charge in [0.05, 0.1) is 12.8 Å². The average Bonchev–Trinajstić information content (AvgIpc) is 2.27. The average molecular weight is 202 g/mol. The molecule has 0 saturated heterocycles. The fourth-order valence-electron chi connectivity index (χ4n) is 1.41. The molecule has 1 aliphatic rings. The van der Waals surface area contributed by atoms with Crippen molar-refractivity contribution in [3.63, 3.8) is 0 Å². The van der Waals surface area contributed by atoms with E-state index in [-0.39, 0.29) is 5.70 Å². The Morgan fingerprint density at radius 3 is 2.93 bits per heavy atom. The van der Waals surface area contributed by atoms with Crippen molar-refractivity contribution in [1.29, 1.82) is 0 Å². The summed E-state index contributed by atoms with van der Waals surface area (Å²) in [4.78, 5) is 10.7. The Morgan fingerprint density at radius 2 is 2.20 bits per heavy atom. The van der Waals surface area contributed by atoms with Crippen LogP contribution < -0.4 is 0 Å². The van der Waals surface area contributed by atoms with Crippen LogP contribution >= 0.6 is 0 Å². The summed E-state index contributed by atoms with van der Waals surface area (Å²) < 4.78 is 0. The van der Waals surface area contributed by atoms with E-state index in [4.69, 9.17) is 5.11 Å². The quantitative estimate of drug-likeness (QED) is 0.738. The van der Waals surface area contributed by atoms with Crippen LogP contribution in [0.15, 0.2) is 41.6 Å². The van der Waals surface area contributed by atoms with Crippen molar-refractivity contribution in [1.82, 2.24) is 5.01 Å². The van der Waals surface area contributed by atoms with E-state index in [0.717, 1.165) is 11.1 Å². The Balaban J connectivity index is 2.26. The van der Waals surface area contributed by atoms with Gasteiger partial charge in [-0.05, 0) is 11.1 Å². The van der Waals surface area contributed by atoms with Crippen LogP contribution in [0.3, 0.4) is 0 Å². The number of rotatable bonds is 2. The van der Waals surface area contributed by atoms with Gasteiger partial charge in [-0.2, -0.15) is 5.10 Å². The monoisotopic (exact) mass is 202 g/mol. The molecule has 0 aliphatic carbocycles. The van der Waals surface area contributed by atoms with Gasteiger partial charge in [0.15, 0.2) is 0 Å². The molecule has 0 aromatic heterocycles. The second kappa shape index (κ2) is 3.57. The van der Waals surface area contributed by atoms with Gasteiger partial charge in [-0.1, -0.05) is 30.8 Å². The van der Waals surface area contributed by atoms with Gasteiger partial charge < -0.3 is 5.11 Å². The van der Waals surface area contributed by atoms with Crippen LogP contribution in [0.4, 0.5) is 0 Å². The smallest absolute Gasteiger partial charge is 0.353 e. The number of hydrogen-bond acceptors (Lipinski definition) is 3. The lowest BCUT2D eigenvalue weighted by Crippen LogP contribution is -2.24. The maximum atomic E-state index is 10.7. The molecular weight excluding hydrogens is 192 g/mol. The normalized spacial score (nSPS) is 13.5. The lowest BCUT2D eigenvalue weighted by Gasteiger charge is -2.23. The molecule has 4 heteroatoms. The maximum absolute atomic E-state index is 10.7. The largest absolute Gasteiger partial charge is 0.477 e. The highest BCUT2D eigenvalue weighted by atomic mass is 16.4. The fourth-order valence-corrected chi connectivity index (χ4v) is 1.41. The zero-order valence-electron chi connectivity index (χ0n) is 8.05. The molecular formula is C11H10N2O2. The summed E-state index contributed by atoms with van der Waals surface area (Å²) in [6.45, 7) is 3.92. The number of hydrogen-bond donors (Lipinski definition) is 1. The predicted octanol–water partition coefficient (Wildman–Crippen LogP) is 1.43. The van der Waals surface area contributed by atoms with E-state index in [1.165, 1.54) is 5.01 Å². The third kappa shape index (κ3) is 1.74. The molecule has 1 aliphatic heterocycles. The van der Waals surface area contributed by atoms with Gasteiger partial charge in [0.1, 0.15) is 5.70 Å². The van der Waals surface area contributed by atoms with E-state index in [9.17, 15) is 4.79 Å². The molecule has 4 nitrogen and oxygen atoms in total. The number of fused-ring (bicyclic) bond motifs is 1. The molecule has 76 valence electrons. The first-order valence-electron chi connectivity index (χ1n) is 4.50. The van der Waals surface area contributed by atoms with Crippen LogP contribution in [0.2, 0.25) is 0 Å². The first kappa shape index (κ1) is 9.45. The molecule has 0 unspecified atom stereocenters. The SMILES string of the molecule is C=C(C(=O)O)N1Cc2ccccc2C=N1. The molecule has 0 fully saturated rings. The van der Waals surface area contributed by atoms with Crippen molar-refractivity contribution in [2.75, 3.05) is 0 Å². The van der Waals surface area contributed by atoms with Crippen molar-refractivity contribution in [3.05, 3.63) is 47.7 Å². The van der Waals surface area contributed by atoms with E-state index < -0.39 is 5.97 Å². The molecule has 1 aromatic rings. The highest BCUT2D eigenvalue weighted by Crippen LogP contribution is 2.17. The number of benzene rings is 1. The first-order chi connectivity index (χ1) is 7.18. The molecule has 2 rings (SSSR count). The molecule has 0 amide bonds. The lowest BCUT2D eigenvalue weighted by molar-refractivity contribution is -0.134. The molecule has 0 spiro atoms. The molecule has 1 heterocycles. The summed E-state index contributed by atoms with van der Waals surface area (Å²) in [5.74, 6) is -1.05. The minimum absolute atomic E-state index is 0.0132. The lowest BCUT2D eigenvalue weighted by atomic mass is 10.1. The Kier molecular flexibility index (Phi) is 2.25. The Hall–Kier alpha value is -2.10. The van der Waals surface area contributed by atoms with E-state index in [0.29, 0.717) is 6.54 Å². The summed E-state index contributed by atoms with van der Waals surface area (Å²) >= 11 is 0. The van der Waals surface area contributed by atoms with E-state index in [1.54, 1.807) is 6.21 Å². The summed E-state index contributed by atoms with van der Waals surface area (Å²) in [6.07, 6.45) is 1.65. The van der Waals surface area contributed by atoms with Crippen LogP contribution in [0, 0.1) is 0 Å². The van der Waals surface area contributed by atoms with Crippen LogP contribution in [0.25, 0.3) is 0 Å². The summed E-state index contributed by atoms with van der Waals surface area (Å²) in [7, 11) is 0. The molecule has 0 bridgehead atoms. The van der Waals surface area contributed by atoms with Gasteiger partial charge in [-0.25, -0.2) is 4.79 Å². The maximum Gasteiger partial charge on any atom is 0.353 e. The highest BCUT2D eigenvalue weighted by Gasteiger charge is 2.17. The van der Waals surface area contributed by atoms with Crippen molar-refractivity contribution in [2.45, 2.75) is 6.54 Å². The van der Waals surface area contributed by atoms with Crippen molar-refractivity contribution >= 4 is 12.2 Å². The van der Waals surface area contributed by atoms with Gasteiger partial charge >= 0.3 is 5.97 Å². The van der Waals surface area contributed by atoms with E-state index >= 15 is 0 Å². The minimum Gasteiger partial charge on any atom is -0.477 e. The minimum atomic E-state index is -1.05. The Bertz CT molecular complexity index is 452. The molecule has 0 atom stereocenters. The number of carbonyl (C=O) groups is 1. The second-order valence-corrected chi connectivity index (χ2v) is 3.25. The number of carboxylic acids is 1. The second-order valence-electron chi connectivity index (χ2n) is 3.25. The summed E-state index contributed by atoms with van der Waals surface area (Å²) in [6, 6.07) is 7.73. The zero-order chi connectivity index (χ0) is 10.8. The van der Waals surface area contributed by atoms with Gasteiger partial charge in [0, 0.05) is 0 Å². The van der Waals surface area contributed by atoms with Gasteiger partial charge in [0.2, 0.25) is 0 Å². The number of nitrogens with zero attached hydrogens (tertiary/aromatic N) is 2. The molecule has 0 radical (unpaired) electrons. The van der Waals surface area contributed by atoms with Crippen molar-refractivity contribution in [3.8, 4) is 0 Å². The third-order valence-electron chi connectivity index (χ3n) is 2.27. The molecule has 0 saturated carbocycles. The third-order valence-corrected chi connectivity index (χ3v) is 2.27. The molecule has 1 N–H and O–H groups in total. The summed E-state index contributed by atoms with van der Waals surface area (Å²) in [5.41, 5.74) is 2.06. The topological polar surface area (TPSA) is 52.9 Å². The van der Waals surface area contributed by atoms with Crippen LogP contribution in [-0.2, 0) is 11.3 Å². The number of aliphatic carboxylic acids is 1. The Morgan fingerprint density at radius 1 is 1.47 bits per heavy atom. The predicted molar refractivity (Wildman–Crippen MR) is 56.4 cm³/mol. The van der Waals surface area contributed by atoms with E-state index in [1.807, 2.05) is 24.3 Å². The van der Waals surface area contributed by atoms with Crippen LogP contribution in [-0.4, -0.2) is 22.3 Å². The van der Waals surface area contributed by atoms with E-state index in [2.05, 4.69) is 11.7 Å². The van der Waals surface area contributed by atoms with Gasteiger partial charge in [0.25, 0.3) is 0 Å². The van der Waals surface area contributed by atoms with Crippen LogP contribution in [0.5, 0.6) is 0 Å². The van der Waals surface area contributed by atoms with Gasteiger partial charge in [-0.15, -0.1) is 0 Å². The van der Waals surface area contributed by atoms with Crippen LogP contribution in [0.1, 0.15) is 11.1 Å². The zero-order valence-corrected chi connectivity index (χ0v) is 8.05. The summed E-state index contributed by atoms with van der Waals surface area (Å²) in [5, 5.41) is 14.2. The highest BCUT2D eigenvalue weighted by molar-refractivity contribution is 5.87. The number of carboxylic acid groups (broad SMARTS) is 1. The molecule has 1 aromatic carbocycles. The molecule has 15 heavy (non-hydrogen) atoms. The fraction of sp³-hybridized carbons (Fsp3) is 0.0909. The van der Waals surface area contributed by atoms with Crippen molar-refractivity contribution < 1.29 is 9.90 Å².